The Bertz CT molecular complexity index is 74.0. The Balaban J connectivity index is 3.27. The molecule has 73 valence electrons. The molecule has 0 aliphatic carbocycles. The molecule has 0 saturated carbocycles. The highest BCUT2D eigenvalue weighted by Crippen LogP contribution is 2.19. The van der Waals surface area contributed by atoms with Crippen molar-refractivity contribution in [3.8, 4) is 0 Å². The lowest BCUT2D eigenvalue weighted by Gasteiger charge is -2.13. The first-order valence-corrected chi connectivity index (χ1v) is 5.49. The minimum Gasteiger partial charge on any atom is -0.0654 e. The maximum Gasteiger partial charge on any atom is -0.0443 e. The van der Waals surface area contributed by atoms with Gasteiger partial charge in [-0.05, 0) is 11.8 Å². The zero-order valence-electron chi connectivity index (χ0n) is 9.10. The van der Waals surface area contributed by atoms with Crippen molar-refractivity contribution in [1.82, 2.24) is 0 Å². The molecule has 2 unspecified atom stereocenters. The summed E-state index contributed by atoms with van der Waals surface area (Å²) in [7, 11) is 0. The Morgan fingerprint density at radius 2 is 1.42 bits per heavy atom. The third-order valence-corrected chi connectivity index (χ3v) is 2.63. The first-order chi connectivity index (χ1) is 5.70. The van der Waals surface area contributed by atoms with Crippen molar-refractivity contribution in [2.75, 3.05) is 0 Å². The summed E-state index contributed by atoms with van der Waals surface area (Å²) < 4.78 is 0. The predicted molar refractivity (Wildman–Crippen MR) is 57.1 cm³/mol. The molecule has 0 aromatic heterocycles. The molecule has 12 heavy (non-hydrogen) atoms. The van der Waals surface area contributed by atoms with Gasteiger partial charge in [0, 0.05) is 0 Å². The molecule has 0 N–H and O–H groups in total. The second-order valence-corrected chi connectivity index (χ2v) is 4.22. The van der Waals surface area contributed by atoms with Gasteiger partial charge in [-0.2, -0.15) is 0 Å². The lowest BCUT2D eigenvalue weighted by molar-refractivity contribution is 0.397. The van der Waals surface area contributed by atoms with Crippen LogP contribution in [0.15, 0.2) is 0 Å². The highest BCUT2D eigenvalue weighted by atomic mass is 14.1. The van der Waals surface area contributed by atoms with Crippen LogP contribution < -0.4 is 0 Å². The van der Waals surface area contributed by atoms with Crippen LogP contribution in [-0.4, -0.2) is 0 Å². The van der Waals surface area contributed by atoms with Crippen LogP contribution in [-0.2, 0) is 0 Å². The smallest absolute Gasteiger partial charge is 0.0443 e. The van der Waals surface area contributed by atoms with Crippen molar-refractivity contribution < 1.29 is 0 Å². The van der Waals surface area contributed by atoms with E-state index >= 15 is 0 Å². The Labute approximate surface area is 78.8 Å². The number of hydrogen-bond acceptors (Lipinski definition) is 0. The maximum atomic E-state index is 3.89. The van der Waals surface area contributed by atoms with Gasteiger partial charge in [0.05, 0.1) is 0 Å². The highest BCUT2D eigenvalue weighted by Gasteiger charge is 2.04. The van der Waals surface area contributed by atoms with Crippen molar-refractivity contribution in [2.45, 2.75) is 59.3 Å². The van der Waals surface area contributed by atoms with Gasteiger partial charge in [-0.1, -0.05) is 66.2 Å². The second-order valence-electron chi connectivity index (χ2n) is 4.22. The fraction of sp³-hybridized carbons (Fsp3) is 0.917. The zero-order valence-corrected chi connectivity index (χ0v) is 9.10. The summed E-state index contributed by atoms with van der Waals surface area (Å²) in [5.74, 6) is 1.82. The van der Waals surface area contributed by atoms with E-state index in [0.717, 1.165) is 18.3 Å². The van der Waals surface area contributed by atoms with Crippen molar-refractivity contribution in [2.24, 2.45) is 11.8 Å². The van der Waals surface area contributed by atoms with Crippen LogP contribution in [0.3, 0.4) is 0 Å². The van der Waals surface area contributed by atoms with Gasteiger partial charge in [0.15, 0.2) is 0 Å². The lowest BCUT2D eigenvalue weighted by atomic mass is 9.93. The van der Waals surface area contributed by atoms with E-state index in [1.165, 1.54) is 32.1 Å². The summed E-state index contributed by atoms with van der Waals surface area (Å²) in [5, 5.41) is 0. The van der Waals surface area contributed by atoms with Gasteiger partial charge in [0.1, 0.15) is 0 Å². The average molecular weight is 169 g/mol. The predicted octanol–water partition coefficient (Wildman–Crippen LogP) is 4.45. The monoisotopic (exact) mass is 169 g/mol. The molecule has 0 amide bonds. The molecule has 0 bridgehead atoms. The van der Waals surface area contributed by atoms with Crippen molar-refractivity contribution in [1.29, 1.82) is 0 Å². The van der Waals surface area contributed by atoms with E-state index in [2.05, 4.69) is 27.7 Å². The molecule has 0 nitrogen and oxygen atoms in total. The normalized spacial score (nSPS) is 16.0. The Hall–Kier alpha value is 0. The molecular weight excluding hydrogens is 144 g/mol. The molecule has 0 aliphatic rings. The molecular formula is C12H25. The summed E-state index contributed by atoms with van der Waals surface area (Å²) in [5.41, 5.74) is 0. The van der Waals surface area contributed by atoms with E-state index in [-0.39, 0.29) is 0 Å². The second kappa shape index (κ2) is 7.64. The van der Waals surface area contributed by atoms with E-state index in [1.807, 2.05) is 0 Å². The Morgan fingerprint density at radius 3 is 1.83 bits per heavy atom. The van der Waals surface area contributed by atoms with E-state index < -0.39 is 0 Å². The summed E-state index contributed by atoms with van der Waals surface area (Å²) in [6.07, 6.45) is 7.95. The first kappa shape index (κ1) is 12.0. The van der Waals surface area contributed by atoms with Crippen LogP contribution >= 0.6 is 0 Å². The summed E-state index contributed by atoms with van der Waals surface area (Å²) in [6, 6.07) is 0. The molecule has 0 rings (SSSR count). The van der Waals surface area contributed by atoms with Gasteiger partial charge >= 0.3 is 0 Å². The number of rotatable bonds is 7. The van der Waals surface area contributed by atoms with Crippen LogP contribution in [0.2, 0.25) is 0 Å². The van der Waals surface area contributed by atoms with E-state index in [1.54, 1.807) is 0 Å². The molecule has 0 aliphatic heterocycles. The molecule has 0 aromatic carbocycles. The fourth-order valence-electron chi connectivity index (χ4n) is 1.70. The largest absolute Gasteiger partial charge is 0.0654 e. The zero-order chi connectivity index (χ0) is 9.40. The van der Waals surface area contributed by atoms with Gasteiger partial charge in [-0.15, -0.1) is 0 Å². The third-order valence-electron chi connectivity index (χ3n) is 2.63. The van der Waals surface area contributed by atoms with Crippen LogP contribution in [0, 0.1) is 18.8 Å². The molecule has 2 atom stereocenters. The van der Waals surface area contributed by atoms with E-state index in [0.29, 0.717) is 0 Å². The minimum atomic E-state index is 0.891. The van der Waals surface area contributed by atoms with Crippen LogP contribution in [0.5, 0.6) is 0 Å². The van der Waals surface area contributed by atoms with E-state index in [9.17, 15) is 0 Å². The molecule has 0 heterocycles. The standard InChI is InChI=1S/C12H25/c1-5-7-11(3)9-10-12(4)8-6-2/h11-12H,1,5-10H2,2-4H3. The van der Waals surface area contributed by atoms with Crippen molar-refractivity contribution in [3.63, 3.8) is 0 Å². The van der Waals surface area contributed by atoms with Crippen LogP contribution in [0.1, 0.15) is 59.3 Å². The molecule has 0 spiro atoms. The third kappa shape index (κ3) is 6.69. The van der Waals surface area contributed by atoms with Gasteiger partial charge < -0.3 is 0 Å². The summed E-state index contributed by atoms with van der Waals surface area (Å²) >= 11 is 0. The minimum absolute atomic E-state index is 0.891. The molecule has 1 radical (unpaired) electrons. The number of hydrogen-bond donors (Lipinski definition) is 0. The molecule has 0 heteroatoms. The van der Waals surface area contributed by atoms with Gasteiger partial charge in [0.25, 0.3) is 0 Å². The van der Waals surface area contributed by atoms with Crippen LogP contribution in [0.4, 0.5) is 0 Å². The molecule has 0 fully saturated rings. The highest BCUT2D eigenvalue weighted by molar-refractivity contribution is 4.58. The Morgan fingerprint density at radius 1 is 0.917 bits per heavy atom. The van der Waals surface area contributed by atoms with Gasteiger partial charge in [-0.3, -0.25) is 0 Å². The van der Waals surface area contributed by atoms with E-state index in [4.69, 9.17) is 0 Å². The molecule has 0 saturated heterocycles. The lowest BCUT2D eigenvalue weighted by Crippen LogP contribution is -1.99. The fourth-order valence-corrected chi connectivity index (χ4v) is 1.70. The Kier molecular flexibility index (Phi) is 7.64. The van der Waals surface area contributed by atoms with Crippen molar-refractivity contribution in [3.05, 3.63) is 6.92 Å². The van der Waals surface area contributed by atoms with Gasteiger partial charge in [0.2, 0.25) is 0 Å². The topological polar surface area (TPSA) is 0 Å². The average Bonchev–Trinajstić information content (AvgIpc) is 2.02. The summed E-state index contributed by atoms with van der Waals surface area (Å²) in [4.78, 5) is 0. The maximum absolute atomic E-state index is 3.89. The first-order valence-electron chi connectivity index (χ1n) is 5.49. The van der Waals surface area contributed by atoms with Gasteiger partial charge in [-0.25, -0.2) is 0 Å². The van der Waals surface area contributed by atoms with Crippen molar-refractivity contribution >= 4 is 0 Å². The quantitative estimate of drug-likeness (QED) is 0.528. The summed E-state index contributed by atoms with van der Waals surface area (Å²) in [6.45, 7) is 10.9. The molecule has 0 aromatic rings. The SMILES string of the molecule is [CH2]CCC(C)CCC(C)CCC. The van der Waals surface area contributed by atoms with Crippen LogP contribution in [0.25, 0.3) is 0 Å².